The minimum Gasteiger partial charge on any atom is -0.492 e. The number of hydrogen-bond acceptors (Lipinski definition) is 2. The van der Waals surface area contributed by atoms with Crippen LogP contribution in [0.2, 0.25) is 0 Å². The van der Waals surface area contributed by atoms with Crippen LogP contribution in [0.4, 0.5) is 0 Å². The minimum atomic E-state index is 0.541. The molecule has 0 amide bonds. The van der Waals surface area contributed by atoms with Crippen molar-refractivity contribution in [1.82, 2.24) is 0 Å². The Labute approximate surface area is 98.3 Å². The van der Waals surface area contributed by atoms with Crippen LogP contribution >= 0.6 is 15.9 Å². The summed E-state index contributed by atoms with van der Waals surface area (Å²) in [5.41, 5.74) is 1.61. The maximum Gasteiger partial charge on any atom is 0.138 e. The SMILES string of the molecule is C=C(C)CCOc1cccc(Br)c1C#N. The van der Waals surface area contributed by atoms with Gasteiger partial charge in [0.05, 0.1) is 6.61 Å². The van der Waals surface area contributed by atoms with Crippen molar-refractivity contribution >= 4 is 15.9 Å². The Morgan fingerprint density at radius 1 is 1.60 bits per heavy atom. The maximum atomic E-state index is 8.93. The molecule has 0 aliphatic heterocycles. The van der Waals surface area contributed by atoms with Gasteiger partial charge in [0.15, 0.2) is 0 Å². The second-order valence-corrected chi connectivity index (χ2v) is 4.13. The molecule has 0 saturated carbocycles. The van der Waals surface area contributed by atoms with E-state index in [-0.39, 0.29) is 0 Å². The van der Waals surface area contributed by atoms with E-state index in [1.165, 1.54) is 0 Å². The quantitative estimate of drug-likeness (QED) is 0.779. The highest BCUT2D eigenvalue weighted by atomic mass is 79.9. The lowest BCUT2D eigenvalue weighted by atomic mass is 10.2. The molecule has 0 aliphatic rings. The van der Waals surface area contributed by atoms with Crippen LogP contribution in [0.1, 0.15) is 18.9 Å². The lowest BCUT2D eigenvalue weighted by Crippen LogP contribution is -1.99. The summed E-state index contributed by atoms with van der Waals surface area (Å²) in [6.07, 6.45) is 0.803. The summed E-state index contributed by atoms with van der Waals surface area (Å²) < 4.78 is 6.27. The fourth-order valence-electron chi connectivity index (χ4n) is 1.07. The van der Waals surface area contributed by atoms with Crippen molar-refractivity contribution in [3.05, 3.63) is 40.4 Å². The molecule has 0 unspecified atom stereocenters. The van der Waals surface area contributed by atoms with E-state index in [4.69, 9.17) is 10.00 Å². The summed E-state index contributed by atoms with van der Waals surface area (Å²) in [6, 6.07) is 7.57. The minimum absolute atomic E-state index is 0.541. The molecule has 1 rings (SSSR count). The molecule has 2 nitrogen and oxygen atoms in total. The van der Waals surface area contributed by atoms with Crippen molar-refractivity contribution in [3.8, 4) is 11.8 Å². The Morgan fingerprint density at radius 2 is 2.33 bits per heavy atom. The summed E-state index contributed by atoms with van der Waals surface area (Å²) in [7, 11) is 0. The average molecular weight is 266 g/mol. The van der Waals surface area contributed by atoms with Crippen LogP contribution in [-0.4, -0.2) is 6.61 Å². The Kier molecular flexibility index (Phi) is 4.38. The Balaban J connectivity index is 2.73. The zero-order chi connectivity index (χ0) is 11.3. The molecule has 15 heavy (non-hydrogen) atoms. The fraction of sp³-hybridized carbons (Fsp3) is 0.250. The molecule has 0 aromatic heterocycles. The standard InChI is InChI=1S/C12H12BrNO/c1-9(2)6-7-15-12-5-3-4-11(13)10(12)8-14/h3-5H,1,6-7H2,2H3. The molecule has 0 aliphatic carbocycles. The molecule has 3 heteroatoms. The summed E-state index contributed by atoms with van der Waals surface area (Å²) in [5.74, 6) is 0.619. The zero-order valence-corrected chi connectivity index (χ0v) is 10.2. The molecule has 0 fully saturated rings. The fourth-order valence-corrected chi connectivity index (χ4v) is 1.51. The normalized spacial score (nSPS) is 9.40. The van der Waals surface area contributed by atoms with E-state index in [9.17, 15) is 0 Å². The second-order valence-electron chi connectivity index (χ2n) is 3.28. The summed E-state index contributed by atoms with van der Waals surface area (Å²) in [4.78, 5) is 0. The highest BCUT2D eigenvalue weighted by molar-refractivity contribution is 9.10. The Morgan fingerprint density at radius 3 is 2.93 bits per heavy atom. The van der Waals surface area contributed by atoms with Crippen LogP contribution in [0.25, 0.3) is 0 Å². The van der Waals surface area contributed by atoms with E-state index in [1.54, 1.807) is 6.07 Å². The molecular weight excluding hydrogens is 254 g/mol. The van der Waals surface area contributed by atoms with Gasteiger partial charge in [0.25, 0.3) is 0 Å². The Bertz CT molecular complexity index is 407. The number of nitrogens with zero attached hydrogens (tertiary/aromatic N) is 1. The van der Waals surface area contributed by atoms with Gasteiger partial charge in [0, 0.05) is 10.9 Å². The van der Waals surface area contributed by atoms with E-state index in [1.807, 2.05) is 19.1 Å². The maximum absolute atomic E-state index is 8.93. The first-order chi connectivity index (χ1) is 7.15. The number of rotatable bonds is 4. The van der Waals surface area contributed by atoms with Gasteiger partial charge in [-0.05, 0) is 35.0 Å². The van der Waals surface area contributed by atoms with Crippen LogP contribution < -0.4 is 4.74 Å². The van der Waals surface area contributed by atoms with Crippen LogP contribution in [-0.2, 0) is 0 Å². The number of ether oxygens (including phenoxy) is 1. The largest absolute Gasteiger partial charge is 0.492 e. The molecule has 0 N–H and O–H groups in total. The van der Waals surface area contributed by atoms with Gasteiger partial charge in [-0.15, -0.1) is 6.58 Å². The number of halogens is 1. The van der Waals surface area contributed by atoms with E-state index < -0.39 is 0 Å². The lowest BCUT2D eigenvalue weighted by Gasteiger charge is -2.08. The summed E-state index contributed by atoms with van der Waals surface area (Å²) in [6.45, 7) is 6.30. The van der Waals surface area contributed by atoms with Gasteiger partial charge < -0.3 is 4.74 Å². The molecule has 0 bridgehead atoms. The monoisotopic (exact) mass is 265 g/mol. The third-order valence-electron chi connectivity index (χ3n) is 1.87. The summed E-state index contributed by atoms with van der Waals surface area (Å²) in [5, 5.41) is 8.93. The van der Waals surface area contributed by atoms with E-state index in [0.717, 1.165) is 16.5 Å². The van der Waals surface area contributed by atoms with E-state index in [0.29, 0.717) is 17.9 Å². The van der Waals surface area contributed by atoms with E-state index in [2.05, 4.69) is 28.6 Å². The third kappa shape index (κ3) is 3.41. The van der Waals surface area contributed by atoms with Crippen LogP contribution in [0.5, 0.6) is 5.75 Å². The van der Waals surface area contributed by atoms with Gasteiger partial charge in [-0.1, -0.05) is 11.6 Å². The van der Waals surface area contributed by atoms with Gasteiger partial charge in [-0.25, -0.2) is 0 Å². The summed E-state index contributed by atoms with van der Waals surface area (Å²) >= 11 is 3.31. The van der Waals surface area contributed by atoms with Gasteiger partial charge in [-0.3, -0.25) is 0 Å². The first-order valence-corrected chi connectivity index (χ1v) is 5.40. The van der Waals surface area contributed by atoms with E-state index >= 15 is 0 Å². The third-order valence-corrected chi connectivity index (χ3v) is 2.53. The first-order valence-electron chi connectivity index (χ1n) is 4.61. The van der Waals surface area contributed by atoms with Crippen molar-refractivity contribution in [1.29, 1.82) is 5.26 Å². The van der Waals surface area contributed by atoms with Crippen molar-refractivity contribution < 1.29 is 4.74 Å². The smallest absolute Gasteiger partial charge is 0.138 e. The number of nitriles is 1. The molecule has 0 atom stereocenters. The molecular formula is C12H12BrNO. The first kappa shape index (κ1) is 11.8. The molecule has 0 saturated heterocycles. The molecule has 0 radical (unpaired) electrons. The predicted octanol–water partition coefficient (Wildman–Crippen LogP) is 3.67. The van der Waals surface area contributed by atoms with Crippen molar-refractivity contribution in [2.75, 3.05) is 6.61 Å². The molecule has 1 aromatic rings. The van der Waals surface area contributed by atoms with Crippen molar-refractivity contribution in [3.63, 3.8) is 0 Å². The predicted molar refractivity (Wildman–Crippen MR) is 63.8 cm³/mol. The number of hydrogen-bond donors (Lipinski definition) is 0. The van der Waals surface area contributed by atoms with Crippen molar-refractivity contribution in [2.45, 2.75) is 13.3 Å². The average Bonchev–Trinajstić information content (AvgIpc) is 2.17. The van der Waals surface area contributed by atoms with Crippen LogP contribution in [0, 0.1) is 11.3 Å². The highest BCUT2D eigenvalue weighted by Gasteiger charge is 2.06. The molecule has 78 valence electrons. The van der Waals surface area contributed by atoms with Gasteiger partial charge in [-0.2, -0.15) is 5.26 Å². The second kappa shape index (κ2) is 5.57. The molecule has 1 aromatic carbocycles. The lowest BCUT2D eigenvalue weighted by molar-refractivity contribution is 0.320. The topological polar surface area (TPSA) is 33.0 Å². The van der Waals surface area contributed by atoms with Crippen LogP contribution in [0.3, 0.4) is 0 Å². The van der Waals surface area contributed by atoms with Gasteiger partial charge in [0.2, 0.25) is 0 Å². The zero-order valence-electron chi connectivity index (χ0n) is 8.59. The van der Waals surface area contributed by atoms with Crippen molar-refractivity contribution in [2.24, 2.45) is 0 Å². The number of benzene rings is 1. The highest BCUT2D eigenvalue weighted by Crippen LogP contribution is 2.25. The van der Waals surface area contributed by atoms with Crippen LogP contribution in [0.15, 0.2) is 34.8 Å². The Hall–Kier alpha value is -1.27. The molecule has 0 spiro atoms. The van der Waals surface area contributed by atoms with Gasteiger partial charge in [0.1, 0.15) is 17.4 Å². The van der Waals surface area contributed by atoms with Gasteiger partial charge >= 0.3 is 0 Å². The molecule has 0 heterocycles.